The zero-order chi connectivity index (χ0) is 23.3. The van der Waals surface area contributed by atoms with Gasteiger partial charge in [-0.2, -0.15) is 9.41 Å². The van der Waals surface area contributed by atoms with Crippen molar-refractivity contribution in [3.8, 4) is 17.2 Å². The van der Waals surface area contributed by atoms with Crippen molar-refractivity contribution in [1.82, 2.24) is 4.31 Å². The summed E-state index contributed by atoms with van der Waals surface area (Å²) in [5.74, 6) is 1.37. The van der Waals surface area contributed by atoms with Gasteiger partial charge in [-0.15, -0.1) is 0 Å². The van der Waals surface area contributed by atoms with Gasteiger partial charge in [0.2, 0.25) is 10.0 Å². The van der Waals surface area contributed by atoms with Gasteiger partial charge in [-0.3, -0.25) is 15.5 Å². The maximum absolute atomic E-state index is 12.7. The summed E-state index contributed by atoms with van der Waals surface area (Å²) in [5.41, 5.74) is 2.72. The Morgan fingerprint density at radius 3 is 2.22 bits per heavy atom. The molecule has 1 aliphatic rings. The molecular formula is C20H24N4O7S. The van der Waals surface area contributed by atoms with Crippen molar-refractivity contribution in [3.05, 3.63) is 46.0 Å². The van der Waals surface area contributed by atoms with Crippen LogP contribution in [0.1, 0.15) is 18.4 Å². The fraction of sp³-hybridized carbons (Fsp3) is 0.350. The van der Waals surface area contributed by atoms with Gasteiger partial charge in [-0.25, -0.2) is 8.42 Å². The lowest BCUT2D eigenvalue weighted by molar-refractivity contribution is -0.384. The van der Waals surface area contributed by atoms with Gasteiger partial charge >= 0.3 is 0 Å². The lowest BCUT2D eigenvalue weighted by Gasteiger charge is -2.15. The normalized spacial score (nSPS) is 14.5. The van der Waals surface area contributed by atoms with Crippen molar-refractivity contribution in [3.63, 3.8) is 0 Å². The van der Waals surface area contributed by atoms with Crippen LogP contribution in [-0.2, 0) is 10.0 Å². The third-order valence-electron chi connectivity index (χ3n) is 5.00. The van der Waals surface area contributed by atoms with E-state index in [9.17, 15) is 18.5 Å². The van der Waals surface area contributed by atoms with Crippen LogP contribution in [0.4, 0.5) is 11.4 Å². The molecule has 0 amide bonds. The Morgan fingerprint density at radius 2 is 1.69 bits per heavy atom. The first-order valence-electron chi connectivity index (χ1n) is 9.69. The summed E-state index contributed by atoms with van der Waals surface area (Å²) in [5, 5.41) is 15.6. The number of nitrogens with zero attached hydrogens (tertiary/aromatic N) is 3. The van der Waals surface area contributed by atoms with Crippen molar-refractivity contribution in [2.75, 3.05) is 39.8 Å². The Hall–Kier alpha value is -3.38. The Morgan fingerprint density at radius 1 is 1.06 bits per heavy atom. The zero-order valence-electron chi connectivity index (χ0n) is 17.9. The number of ether oxygens (including phenoxy) is 3. The molecular weight excluding hydrogens is 440 g/mol. The highest BCUT2D eigenvalue weighted by Crippen LogP contribution is 2.33. The molecule has 3 rings (SSSR count). The number of hydrazone groups is 1. The molecule has 0 radical (unpaired) electrons. The van der Waals surface area contributed by atoms with Gasteiger partial charge in [0.15, 0.2) is 0 Å². The van der Waals surface area contributed by atoms with Gasteiger partial charge in [-0.1, -0.05) is 0 Å². The van der Waals surface area contributed by atoms with Gasteiger partial charge < -0.3 is 14.2 Å². The zero-order valence-corrected chi connectivity index (χ0v) is 18.7. The molecule has 1 saturated heterocycles. The number of hydrogen-bond donors (Lipinski definition) is 1. The summed E-state index contributed by atoms with van der Waals surface area (Å²) in [6, 6.07) is 6.97. The maximum atomic E-state index is 12.7. The topological polar surface area (TPSA) is 133 Å². The highest BCUT2D eigenvalue weighted by atomic mass is 32.2. The van der Waals surface area contributed by atoms with E-state index in [0.29, 0.717) is 35.9 Å². The van der Waals surface area contributed by atoms with E-state index in [1.54, 1.807) is 12.1 Å². The monoisotopic (exact) mass is 464 g/mol. The second-order valence-electron chi connectivity index (χ2n) is 6.86. The minimum Gasteiger partial charge on any atom is -0.496 e. The van der Waals surface area contributed by atoms with Crippen LogP contribution in [0, 0.1) is 10.1 Å². The summed E-state index contributed by atoms with van der Waals surface area (Å²) in [6.45, 7) is 0.817. The summed E-state index contributed by atoms with van der Waals surface area (Å²) in [6.07, 6.45) is 2.93. The number of nitro groups is 1. The van der Waals surface area contributed by atoms with Gasteiger partial charge in [0.1, 0.15) is 22.9 Å². The first-order chi connectivity index (χ1) is 15.3. The average molecular weight is 465 g/mol. The van der Waals surface area contributed by atoms with Gasteiger partial charge in [-0.05, 0) is 25.0 Å². The first kappa shape index (κ1) is 23.3. The molecule has 0 unspecified atom stereocenters. The van der Waals surface area contributed by atoms with Crippen LogP contribution in [0.15, 0.2) is 40.3 Å². The molecule has 11 nitrogen and oxygen atoms in total. The lowest BCUT2D eigenvalue weighted by Crippen LogP contribution is -2.27. The second kappa shape index (κ2) is 9.83. The minimum absolute atomic E-state index is 0.0399. The van der Waals surface area contributed by atoms with E-state index in [-0.39, 0.29) is 10.6 Å². The standard InChI is InChI=1S/C20H24N4O7S/c1-29-14-10-19(30-2)16(20(11-14)31-3)13-21-22-17-7-6-15(12-18(17)24(25)26)32(27,28)23-8-4-5-9-23/h6-7,10-13,22H,4-5,8-9H2,1-3H3. The van der Waals surface area contributed by atoms with Crippen LogP contribution in [0.3, 0.4) is 0 Å². The van der Waals surface area contributed by atoms with Crippen LogP contribution in [0.25, 0.3) is 0 Å². The molecule has 1 N–H and O–H groups in total. The number of hydrogen-bond acceptors (Lipinski definition) is 9. The van der Waals surface area contributed by atoms with Gasteiger partial charge in [0.25, 0.3) is 5.69 Å². The molecule has 32 heavy (non-hydrogen) atoms. The van der Waals surface area contributed by atoms with Crippen molar-refractivity contribution < 1.29 is 27.6 Å². The van der Waals surface area contributed by atoms with Crippen molar-refractivity contribution in [1.29, 1.82) is 0 Å². The minimum atomic E-state index is -3.78. The maximum Gasteiger partial charge on any atom is 0.295 e. The number of nitro benzene ring substituents is 1. The molecule has 0 saturated carbocycles. The van der Waals surface area contributed by atoms with Crippen LogP contribution in [0.2, 0.25) is 0 Å². The Labute approximate surface area is 185 Å². The Bertz CT molecular complexity index is 1100. The van der Waals surface area contributed by atoms with E-state index in [1.165, 1.54) is 44.0 Å². The van der Waals surface area contributed by atoms with E-state index >= 15 is 0 Å². The van der Waals surface area contributed by atoms with Gasteiger partial charge in [0, 0.05) is 31.3 Å². The van der Waals surface area contributed by atoms with Gasteiger partial charge in [0.05, 0.1) is 42.9 Å². The SMILES string of the molecule is COc1cc(OC)c(C=NNc2ccc(S(=O)(=O)N3CCCC3)cc2[N+](=O)[O-])c(OC)c1. The summed E-state index contributed by atoms with van der Waals surface area (Å²) < 4.78 is 42.7. The van der Waals surface area contributed by atoms with Crippen molar-refractivity contribution >= 4 is 27.6 Å². The number of sulfonamides is 1. The average Bonchev–Trinajstić information content (AvgIpc) is 3.34. The molecule has 172 valence electrons. The highest BCUT2D eigenvalue weighted by Gasteiger charge is 2.29. The number of nitrogens with one attached hydrogen (secondary N) is 1. The molecule has 0 spiro atoms. The molecule has 0 aromatic heterocycles. The number of methoxy groups -OCH3 is 3. The van der Waals surface area contributed by atoms with Crippen molar-refractivity contribution in [2.45, 2.75) is 17.7 Å². The van der Waals surface area contributed by atoms with Crippen LogP contribution >= 0.6 is 0 Å². The number of rotatable bonds is 9. The second-order valence-corrected chi connectivity index (χ2v) is 8.80. The predicted molar refractivity (Wildman–Crippen MR) is 118 cm³/mol. The van der Waals surface area contributed by atoms with E-state index in [0.717, 1.165) is 18.9 Å². The summed E-state index contributed by atoms with van der Waals surface area (Å²) >= 11 is 0. The third kappa shape index (κ3) is 4.75. The summed E-state index contributed by atoms with van der Waals surface area (Å²) in [4.78, 5) is 10.8. The molecule has 0 bridgehead atoms. The third-order valence-corrected chi connectivity index (χ3v) is 6.90. The van der Waals surface area contributed by atoms with Crippen LogP contribution < -0.4 is 19.6 Å². The van der Waals surface area contributed by atoms with E-state index < -0.39 is 20.6 Å². The molecule has 1 aliphatic heterocycles. The predicted octanol–water partition coefficient (Wildman–Crippen LogP) is 2.85. The fourth-order valence-electron chi connectivity index (χ4n) is 3.32. The molecule has 12 heteroatoms. The molecule has 1 fully saturated rings. The molecule has 2 aromatic carbocycles. The molecule has 1 heterocycles. The molecule has 0 atom stereocenters. The molecule has 2 aromatic rings. The highest BCUT2D eigenvalue weighted by molar-refractivity contribution is 7.89. The number of benzene rings is 2. The fourth-order valence-corrected chi connectivity index (χ4v) is 4.86. The Balaban J connectivity index is 1.90. The van der Waals surface area contributed by atoms with E-state index in [2.05, 4.69) is 10.5 Å². The first-order valence-corrected chi connectivity index (χ1v) is 11.1. The largest absolute Gasteiger partial charge is 0.496 e. The molecule has 0 aliphatic carbocycles. The number of anilines is 1. The van der Waals surface area contributed by atoms with Crippen molar-refractivity contribution in [2.24, 2.45) is 5.10 Å². The van der Waals surface area contributed by atoms with Crippen LogP contribution in [0.5, 0.6) is 17.2 Å². The van der Waals surface area contributed by atoms with E-state index in [4.69, 9.17) is 14.2 Å². The van der Waals surface area contributed by atoms with Crippen LogP contribution in [-0.4, -0.2) is 58.3 Å². The smallest absolute Gasteiger partial charge is 0.295 e. The summed E-state index contributed by atoms with van der Waals surface area (Å²) in [7, 11) is 0.679. The Kier molecular flexibility index (Phi) is 7.15. The quantitative estimate of drug-likeness (QED) is 0.340. The lowest BCUT2D eigenvalue weighted by atomic mass is 10.2. The van der Waals surface area contributed by atoms with E-state index in [1.807, 2.05) is 0 Å².